The summed E-state index contributed by atoms with van der Waals surface area (Å²) in [6.45, 7) is 0.158. The third-order valence-corrected chi connectivity index (χ3v) is 6.31. The van der Waals surface area contributed by atoms with Crippen LogP contribution >= 0.6 is 27.5 Å². The predicted octanol–water partition coefficient (Wildman–Crippen LogP) is 3.32. The lowest BCUT2D eigenvalue weighted by molar-refractivity contribution is 0.100. The molecule has 4 nitrogen and oxygen atoms in total. The monoisotopic (exact) mass is 413 g/mol. The maximum atomic E-state index is 12.5. The first-order valence-corrected chi connectivity index (χ1v) is 9.70. The van der Waals surface area contributed by atoms with Crippen LogP contribution in [0.2, 0.25) is 5.02 Å². The zero-order chi connectivity index (χ0) is 16.6. The van der Waals surface area contributed by atoms with Crippen LogP contribution in [0.4, 0.5) is 0 Å². The smallest absolute Gasteiger partial charge is 0.242 e. The van der Waals surface area contributed by atoms with Crippen molar-refractivity contribution in [2.75, 3.05) is 0 Å². The summed E-state index contributed by atoms with van der Waals surface area (Å²) in [6.07, 6.45) is 0.520. The highest BCUT2D eigenvalue weighted by Crippen LogP contribution is 2.33. The van der Waals surface area contributed by atoms with Gasteiger partial charge in [-0.15, -0.1) is 0 Å². The third-order valence-electron chi connectivity index (χ3n) is 3.71. The number of rotatable bonds is 4. The summed E-state index contributed by atoms with van der Waals surface area (Å²) in [7, 11) is -3.80. The van der Waals surface area contributed by atoms with Gasteiger partial charge in [0.2, 0.25) is 10.0 Å². The maximum absolute atomic E-state index is 12.5. The summed E-state index contributed by atoms with van der Waals surface area (Å²) in [5.41, 5.74) is 2.02. The fourth-order valence-electron chi connectivity index (χ4n) is 2.51. The molecule has 0 saturated carbocycles. The van der Waals surface area contributed by atoms with Gasteiger partial charge in [0.15, 0.2) is 5.78 Å². The van der Waals surface area contributed by atoms with Crippen LogP contribution in [0.15, 0.2) is 47.4 Å². The molecule has 1 unspecified atom stereocenters. The summed E-state index contributed by atoms with van der Waals surface area (Å²) in [5, 5.41) is 0.124. The van der Waals surface area contributed by atoms with E-state index >= 15 is 0 Å². The minimum atomic E-state index is -3.80. The Morgan fingerprint density at radius 1 is 1.22 bits per heavy atom. The Labute approximate surface area is 148 Å². The van der Waals surface area contributed by atoms with Gasteiger partial charge in [-0.2, -0.15) is 0 Å². The lowest BCUT2D eigenvalue weighted by atomic mass is 10.1. The van der Waals surface area contributed by atoms with Crippen LogP contribution in [-0.4, -0.2) is 19.0 Å². The standard InChI is InChI=1S/C16H13BrClNO3S/c17-13-6-11-7-14(18)15(8-12(11)16(13)20)23(21,22)19-9-10-4-2-1-3-5-10/h1-5,7-8,13,19H,6,9H2. The zero-order valence-corrected chi connectivity index (χ0v) is 15.1. The fraction of sp³-hybridized carbons (Fsp3) is 0.188. The summed E-state index contributed by atoms with van der Waals surface area (Å²) in [6, 6.07) is 12.1. The van der Waals surface area contributed by atoms with Crippen LogP contribution in [0.1, 0.15) is 21.5 Å². The Morgan fingerprint density at radius 3 is 2.61 bits per heavy atom. The van der Waals surface area contributed by atoms with Crippen molar-refractivity contribution in [3.63, 3.8) is 0 Å². The average molecular weight is 415 g/mol. The van der Waals surface area contributed by atoms with Crippen molar-refractivity contribution in [3.05, 3.63) is 64.2 Å². The van der Waals surface area contributed by atoms with E-state index < -0.39 is 10.0 Å². The van der Waals surface area contributed by atoms with Gasteiger partial charge in [0, 0.05) is 12.1 Å². The molecular weight excluding hydrogens is 402 g/mol. The molecular formula is C16H13BrClNO3S. The number of halogens is 2. The van der Waals surface area contributed by atoms with Gasteiger partial charge in [-0.25, -0.2) is 13.1 Å². The quantitative estimate of drug-likeness (QED) is 0.781. The Kier molecular flexibility index (Phi) is 4.60. The van der Waals surface area contributed by atoms with Crippen LogP contribution in [0.25, 0.3) is 0 Å². The number of alkyl halides is 1. The van der Waals surface area contributed by atoms with Gasteiger partial charge in [-0.3, -0.25) is 4.79 Å². The number of nitrogens with one attached hydrogen (secondary N) is 1. The van der Waals surface area contributed by atoms with Crippen molar-refractivity contribution in [2.45, 2.75) is 22.7 Å². The van der Waals surface area contributed by atoms with Gasteiger partial charge in [0.1, 0.15) is 4.90 Å². The molecule has 0 heterocycles. The molecule has 7 heteroatoms. The SMILES string of the molecule is O=C1c2cc(S(=O)(=O)NCc3ccccc3)c(Cl)cc2CC1Br. The second-order valence-electron chi connectivity index (χ2n) is 5.29. The minimum Gasteiger partial charge on any atom is -0.293 e. The normalized spacial score (nSPS) is 17.3. The van der Waals surface area contributed by atoms with Gasteiger partial charge in [-0.1, -0.05) is 57.9 Å². The molecule has 0 aromatic heterocycles. The van der Waals surface area contributed by atoms with E-state index in [2.05, 4.69) is 20.7 Å². The van der Waals surface area contributed by atoms with Gasteiger partial charge < -0.3 is 0 Å². The van der Waals surface area contributed by atoms with Crippen molar-refractivity contribution < 1.29 is 13.2 Å². The van der Waals surface area contributed by atoms with Gasteiger partial charge in [-0.05, 0) is 29.7 Å². The summed E-state index contributed by atoms with van der Waals surface area (Å²) >= 11 is 9.41. The highest BCUT2D eigenvalue weighted by atomic mass is 79.9. The molecule has 0 spiro atoms. The number of carbonyl (C=O) groups excluding carboxylic acids is 1. The van der Waals surface area contributed by atoms with E-state index in [1.54, 1.807) is 6.07 Å². The second-order valence-corrected chi connectivity index (χ2v) is 8.53. The van der Waals surface area contributed by atoms with E-state index in [-0.39, 0.29) is 27.1 Å². The lowest BCUT2D eigenvalue weighted by Crippen LogP contribution is -2.24. The zero-order valence-electron chi connectivity index (χ0n) is 11.9. The Balaban J connectivity index is 1.90. The highest BCUT2D eigenvalue weighted by molar-refractivity contribution is 9.10. The first kappa shape index (κ1) is 16.6. The van der Waals surface area contributed by atoms with E-state index in [1.807, 2.05) is 30.3 Å². The van der Waals surface area contributed by atoms with E-state index in [0.717, 1.165) is 11.1 Å². The molecule has 0 radical (unpaired) electrons. The molecule has 0 bridgehead atoms. The molecule has 1 atom stereocenters. The molecule has 0 aliphatic heterocycles. The van der Waals surface area contributed by atoms with Crippen molar-refractivity contribution in [3.8, 4) is 0 Å². The highest BCUT2D eigenvalue weighted by Gasteiger charge is 2.31. The fourth-order valence-corrected chi connectivity index (χ4v) is 4.69. The number of ketones is 1. The van der Waals surface area contributed by atoms with E-state index in [9.17, 15) is 13.2 Å². The second kappa shape index (κ2) is 6.36. The lowest BCUT2D eigenvalue weighted by Gasteiger charge is -2.10. The van der Waals surface area contributed by atoms with E-state index in [0.29, 0.717) is 12.0 Å². The molecule has 2 aromatic rings. The van der Waals surface area contributed by atoms with Crippen LogP contribution in [0.5, 0.6) is 0 Å². The molecule has 1 N–H and O–H groups in total. The van der Waals surface area contributed by atoms with Gasteiger partial charge in [0.05, 0.1) is 9.85 Å². The van der Waals surface area contributed by atoms with Crippen molar-refractivity contribution >= 4 is 43.3 Å². The molecule has 23 heavy (non-hydrogen) atoms. The van der Waals surface area contributed by atoms with Crippen LogP contribution in [-0.2, 0) is 23.0 Å². The van der Waals surface area contributed by atoms with Crippen molar-refractivity contribution in [2.24, 2.45) is 0 Å². The molecule has 120 valence electrons. The number of hydrogen-bond acceptors (Lipinski definition) is 3. The molecule has 2 aromatic carbocycles. The Morgan fingerprint density at radius 2 is 1.91 bits per heavy atom. The topological polar surface area (TPSA) is 63.2 Å². The number of carbonyl (C=O) groups is 1. The largest absolute Gasteiger partial charge is 0.293 e. The number of benzene rings is 2. The summed E-state index contributed by atoms with van der Waals surface area (Å²) in [5.74, 6) is -0.115. The van der Waals surface area contributed by atoms with Crippen molar-refractivity contribution in [1.29, 1.82) is 0 Å². The minimum absolute atomic E-state index is 0.0659. The number of hydrogen-bond donors (Lipinski definition) is 1. The first-order chi connectivity index (χ1) is 10.9. The van der Waals surface area contributed by atoms with Gasteiger partial charge >= 0.3 is 0 Å². The van der Waals surface area contributed by atoms with Crippen LogP contribution in [0.3, 0.4) is 0 Å². The van der Waals surface area contributed by atoms with Crippen LogP contribution in [0, 0.1) is 0 Å². The van der Waals surface area contributed by atoms with E-state index in [4.69, 9.17) is 11.6 Å². The maximum Gasteiger partial charge on any atom is 0.242 e. The number of Topliss-reactive ketones (excluding diaryl/α,β-unsaturated/α-hetero) is 1. The Bertz CT molecular complexity index is 868. The molecule has 1 aliphatic rings. The molecule has 0 saturated heterocycles. The predicted molar refractivity (Wildman–Crippen MR) is 92.7 cm³/mol. The molecule has 3 rings (SSSR count). The third kappa shape index (κ3) is 3.35. The first-order valence-electron chi connectivity index (χ1n) is 6.93. The average Bonchev–Trinajstić information content (AvgIpc) is 2.79. The van der Waals surface area contributed by atoms with Crippen LogP contribution < -0.4 is 4.72 Å². The van der Waals surface area contributed by atoms with Crippen molar-refractivity contribution in [1.82, 2.24) is 4.72 Å². The molecule has 1 aliphatic carbocycles. The summed E-state index contributed by atoms with van der Waals surface area (Å²) in [4.78, 5) is 11.7. The Hall–Kier alpha value is -1.21. The number of fused-ring (bicyclic) bond motifs is 1. The van der Waals surface area contributed by atoms with E-state index in [1.165, 1.54) is 6.07 Å². The summed E-state index contributed by atoms with van der Waals surface area (Å²) < 4.78 is 27.5. The number of sulfonamides is 1. The van der Waals surface area contributed by atoms with Gasteiger partial charge in [0.25, 0.3) is 0 Å². The molecule has 0 fully saturated rings. The molecule has 0 amide bonds.